The van der Waals surface area contributed by atoms with Crippen LogP contribution in [-0.2, 0) is 6.54 Å². The van der Waals surface area contributed by atoms with Crippen molar-refractivity contribution in [3.8, 4) is 0 Å². The SMILES string of the molecule is CCCCN(C)CCNC(=NC)NCc1ccccc1F.I. The van der Waals surface area contributed by atoms with E-state index in [1.165, 1.54) is 18.9 Å². The van der Waals surface area contributed by atoms with Gasteiger partial charge in [-0.25, -0.2) is 4.39 Å². The molecular formula is C16H28FIN4. The van der Waals surface area contributed by atoms with Crippen LogP contribution in [0.1, 0.15) is 25.3 Å². The van der Waals surface area contributed by atoms with Gasteiger partial charge in [0.05, 0.1) is 0 Å². The lowest BCUT2D eigenvalue weighted by Crippen LogP contribution is -2.40. The maximum absolute atomic E-state index is 13.5. The summed E-state index contributed by atoms with van der Waals surface area (Å²) in [6.45, 7) is 5.51. The first-order valence-corrected chi connectivity index (χ1v) is 7.53. The number of hydrogen-bond donors (Lipinski definition) is 2. The lowest BCUT2D eigenvalue weighted by molar-refractivity contribution is 0.332. The van der Waals surface area contributed by atoms with Crippen molar-refractivity contribution in [2.45, 2.75) is 26.3 Å². The van der Waals surface area contributed by atoms with Crippen molar-refractivity contribution < 1.29 is 4.39 Å². The molecule has 0 aromatic heterocycles. The average Bonchev–Trinajstić information content (AvgIpc) is 2.50. The van der Waals surface area contributed by atoms with E-state index in [4.69, 9.17) is 0 Å². The van der Waals surface area contributed by atoms with Gasteiger partial charge < -0.3 is 15.5 Å². The van der Waals surface area contributed by atoms with E-state index in [0.717, 1.165) is 19.6 Å². The Bertz CT molecular complexity index is 440. The summed E-state index contributed by atoms with van der Waals surface area (Å²) < 4.78 is 13.5. The minimum atomic E-state index is -0.195. The van der Waals surface area contributed by atoms with Crippen LogP contribution in [0.25, 0.3) is 0 Å². The highest BCUT2D eigenvalue weighted by molar-refractivity contribution is 14.0. The maximum atomic E-state index is 13.5. The van der Waals surface area contributed by atoms with E-state index in [1.54, 1.807) is 19.2 Å². The summed E-state index contributed by atoms with van der Waals surface area (Å²) in [7, 11) is 3.84. The number of benzene rings is 1. The molecule has 0 amide bonds. The van der Waals surface area contributed by atoms with Gasteiger partial charge in [0.15, 0.2) is 5.96 Å². The monoisotopic (exact) mass is 422 g/mol. The fourth-order valence-corrected chi connectivity index (χ4v) is 1.95. The Labute approximate surface area is 150 Å². The van der Waals surface area contributed by atoms with Crippen LogP contribution >= 0.6 is 24.0 Å². The van der Waals surface area contributed by atoms with E-state index < -0.39 is 0 Å². The highest BCUT2D eigenvalue weighted by Gasteiger charge is 2.03. The zero-order chi connectivity index (χ0) is 15.5. The molecule has 0 fully saturated rings. The van der Waals surface area contributed by atoms with Crippen LogP contribution in [0.2, 0.25) is 0 Å². The largest absolute Gasteiger partial charge is 0.355 e. The number of halogens is 2. The highest BCUT2D eigenvalue weighted by Crippen LogP contribution is 2.05. The van der Waals surface area contributed by atoms with Crippen molar-refractivity contribution in [3.05, 3.63) is 35.6 Å². The van der Waals surface area contributed by atoms with Crippen LogP contribution in [0, 0.1) is 5.82 Å². The number of unbranched alkanes of at least 4 members (excludes halogenated alkanes) is 1. The van der Waals surface area contributed by atoms with Crippen LogP contribution in [0.3, 0.4) is 0 Å². The third-order valence-electron chi connectivity index (χ3n) is 3.31. The third kappa shape index (κ3) is 8.53. The van der Waals surface area contributed by atoms with Gasteiger partial charge in [0.1, 0.15) is 5.82 Å². The molecular weight excluding hydrogens is 394 g/mol. The molecule has 1 aromatic carbocycles. The zero-order valence-corrected chi connectivity index (χ0v) is 16.1. The van der Waals surface area contributed by atoms with Gasteiger partial charge in [-0.2, -0.15) is 0 Å². The molecule has 0 saturated heterocycles. The number of aliphatic imine (C=N–C) groups is 1. The van der Waals surface area contributed by atoms with Gasteiger partial charge in [-0.05, 0) is 26.1 Å². The Kier molecular flexibility index (Phi) is 12.1. The fraction of sp³-hybridized carbons (Fsp3) is 0.562. The summed E-state index contributed by atoms with van der Waals surface area (Å²) in [4.78, 5) is 6.44. The first-order valence-electron chi connectivity index (χ1n) is 7.53. The summed E-state index contributed by atoms with van der Waals surface area (Å²) in [5, 5.41) is 6.37. The lowest BCUT2D eigenvalue weighted by Gasteiger charge is -2.18. The van der Waals surface area contributed by atoms with E-state index in [2.05, 4.69) is 34.5 Å². The van der Waals surface area contributed by atoms with Gasteiger partial charge in [0.25, 0.3) is 0 Å². The molecule has 0 unspecified atom stereocenters. The second-order valence-corrected chi connectivity index (χ2v) is 5.10. The van der Waals surface area contributed by atoms with Crippen LogP contribution < -0.4 is 10.6 Å². The molecule has 0 radical (unpaired) electrons. The van der Waals surface area contributed by atoms with Gasteiger partial charge in [0, 0.05) is 32.2 Å². The summed E-state index contributed by atoms with van der Waals surface area (Å²) in [5.41, 5.74) is 0.639. The van der Waals surface area contributed by atoms with Crippen molar-refractivity contribution in [1.29, 1.82) is 0 Å². The Morgan fingerprint density at radius 2 is 1.95 bits per heavy atom. The van der Waals surface area contributed by atoms with E-state index in [0.29, 0.717) is 18.1 Å². The first kappa shape index (κ1) is 21.1. The van der Waals surface area contributed by atoms with E-state index >= 15 is 0 Å². The molecule has 0 atom stereocenters. The minimum absolute atomic E-state index is 0. The van der Waals surface area contributed by atoms with E-state index in [1.807, 2.05) is 6.07 Å². The first-order chi connectivity index (χ1) is 10.2. The van der Waals surface area contributed by atoms with Crippen LogP contribution in [-0.4, -0.2) is 44.6 Å². The molecule has 4 nitrogen and oxygen atoms in total. The van der Waals surface area contributed by atoms with E-state index in [9.17, 15) is 4.39 Å². The number of nitrogens with zero attached hydrogens (tertiary/aromatic N) is 2. The topological polar surface area (TPSA) is 39.7 Å². The number of guanidine groups is 1. The summed E-state index contributed by atoms with van der Waals surface area (Å²) >= 11 is 0. The quantitative estimate of drug-likeness (QED) is 0.385. The van der Waals surface area contributed by atoms with Crippen molar-refractivity contribution >= 4 is 29.9 Å². The van der Waals surface area contributed by atoms with Gasteiger partial charge in [-0.15, -0.1) is 24.0 Å². The van der Waals surface area contributed by atoms with Gasteiger partial charge >= 0.3 is 0 Å². The second-order valence-electron chi connectivity index (χ2n) is 5.10. The van der Waals surface area contributed by atoms with Crippen molar-refractivity contribution in [3.63, 3.8) is 0 Å². The normalized spacial score (nSPS) is 11.2. The van der Waals surface area contributed by atoms with Crippen molar-refractivity contribution in [1.82, 2.24) is 15.5 Å². The summed E-state index contributed by atoms with van der Waals surface area (Å²) in [6, 6.07) is 6.76. The number of likely N-dealkylation sites (N-methyl/N-ethyl adjacent to an activating group) is 1. The maximum Gasteiger partial charge on any atom is 0.191 e. The molecule has 0 saturated carbocycles. The molecule has 0 aliphatic carbocycles. The molecule has 1 aromatic rings. The minimum Gasteiger partial charge on any atom is -0.355 e. The van der Waals surface area contributed by atoms with Gasteiger partial charge in [0.2, 0.25) is 0 Å². The lowest BCUT2D eigenvalue weighted by atomic mass is 10.2. The number of nitrogens with one attached hydrogen (secondary N) is 2. The molecule has 0 aliphatic rings. The average molecular weight is 422 g/mol. The predicted octanol–water partition coefficient (Wildman–Crippen LogP) is 2.84. The zero-order valence-electron chi connectivity index (χ0n) is 13.7. The standard InChI is InChI=1S/C16H27FN4.HI/c1-4-5-11-21(3)12-10-19-16(18-2)20-13-14-8-6-7-9-15(14)17;/h6-9H,4-5,10-13H2,1-3H3,(H2,18,19,20);1H. The van der Waals surface area contributed by atoms with Crippen molar-refractivity contribution in [2.24, 2.45) is 4.99 Å². The predicted molar refractivity (Wildman–Crippen MR) is 102 cm³/mol. The Morgan fingerprint density at radius 1 is 1.23 bits per heavy atom. The van der Waals surface area contributed by atoms with Crippen LogP contribution in [0.5, 0.6) is 0 Å². The summed E-state index contributed by atoms with van der Waals surface area (Å²) in [5.74, 6) is 0.502. The molecule has 126 valence electrons. The van der Waals surface area contributed by atoms with Crippen molar-refractivity contribution in [2.75, 3.05) is 33.7 Å². The molecule has 0 bridgehead atoms. The second kappa shape index (κ2) is 12.6. The smallest absolute Gasteiger partial charge is 0.191 e. The number of hydrogen-bond acceptors (Lipinski definition) is 2. The molecule has 0 aliphatic heterocycles. The van der Waals surface area contributed by atoms with Gasteiger partial charge in [-0.1, -0.05) is 31.5 Å². The third-order valence-corrected chi connectivity index (χ3v) is 3.31. The molecule has 0 spiro atoms. The number of rotatable bonds is 8. The molecule has 22 heavy (non-hydrogen) atoms. The summed E-state index contributed by atoms with van der Waals surface area (Å²) in [6.07, 6.45) is 2.43. The Balaban J connectivity index is 0.00000441. The Hall–Kier alpha value is -0.890. The molecule has 1 rings (SSSR count). The van der Waals surface area contributed by atoms with Crippen LogP contribution in [0.15, 0.2) is 29.3 Å². The fourth-order valence-electron chi connectivity index (χ4n) is 1.95. The molecule has 2 N–H and O–H groups in total. The van der Waals surface area contributed by atoms with Gasteiger partial charge in [-0.3, -0.25) is 4.99 Å². The highest BCUT2D eigenvalue weighted by atomic mass is 127. The molecule has 6 heteroatoms. The van der Waals surface area contributed by atoms with E-state index in [-0.39, 0.29) is 29.8 Å². The van der Waals surface area contributed by atoms with Crippen LogP contribution in [0.4, 0.5) is 4.39 Å². The Morgan fingerprint density at radius 3 is 2.59 bits per heavy atom. The molecule has 0 heterocycles.